The normalized spacial score (nSPS) is 13.9. The highest BCUT2D eigenvalue weighted by molar-refractivity contribution is 5.29. The summed E-state index contributed by atoms with van der Waals surface area (Å²) < 4.78 is 5.85. The standard InChI is InChI=1S/C15H18N2O/c1-11(16)13-5-7-15(8-6-13)18-12(2)14-4-3-9-17-10-14/h3-12H,16H2,1-2H3. The molecule has 2 N–H and O–H groups in total. The van der Waals surface area contributed by atoms with Gasteiger partial charge in [0.1, 0.15) is 11.9 Å². The summed E-state index contributed by atoms with van der Waals surface area (Å²) in [6, 6.07) is 11.9. The zero-order valence-corrected chi connectivity index (χ0v) is 10.7. The third kappa shape index (κ3) is 3.08. The van der Waals surface area contributed by atoms with Crippen LogP contribution in [0.4, 0.5) is 0 Å². The van der Waals surface area contributed by atoms with E-state index in [0.717, 1.165) is 16.9 Å². The molecule has 3 nitrogen and oxygen atoms in total. The number of ether oxygens (including phenoxy) is 1. The van der Waals surface area contributed by atoms with Crippen LogP contribution in [0.25, 0.3) is 0 Å². The minimum atomic E-state index is -0.0140. The lowest BCUT2D eigenvalue weighted by atomic mass is 10.1. The first kappa shape index (κ1) is 12.6. The second-order valence-corrected chi connectivity index (χ2v) is 4.40. The van der Waals surface area contributed by atoms with Gasteiger partial charge in [0, 0.05) is 24.0 Å². The number of rotatable bonds is 4. The maximum atomic E-state index is 5.85. The van der Waals surface area contributed by atoms with Crippen molar-refractivity contribution in [2.24, 2.45) is 5.73 Å². The lowest BCUT2D eigenvalue weighted by Crippen LogP contribution is -2.06. The van der Waals surface area contributed by atoms with Crippen LogP contribution in [0.3, 0.4) is 0 Å². The number of pyridine rings is 1. The van der Waals surface area contributed by atoms with E-state index in [4.69, 9.17) is 10.5 Å². The molecule has 94 valence electrons. The van der Waals surface area contributed by atoms with Crippen molar-refractivity contribution in [2.75, 3.05) is 0 Å². The maximum absolute atomic E-state index is 5.85. The molecule has 2 unspecified atom stereocenters. The third-order valence-corrected chi connectivity index (χ3v) is 2.87. The molecule has 0 aliphatic rings. The summed E-state index contributed by atoms with van der Waals surface area (Å²) in [6.45, 7) is 3.98. The van der Waals surface area contributed by atoms with E-state index in [1.807, 2.05) is 56.4 Å². The first-order valence-corrected chi connectivity index (χ1v) is 6.09. The SMILES string of the molecule is CC(N)c1ccc(OC(C)c2cccnc2)cc1. The van der Waals surface area contributed by atoms with Crippen LogP contribution in [0.1, 0.15) is 37.1 Å². The Hall–Kier alpha value is -1.87. The number of hydrogen-bond donors (Lipinski definition) is 1. The Labute approximate surface area is 108 Å². The van der Waals surface area contributed by atoms with Crippen LogP contribution < -0.4 is 10.5 Å². The van der Waals surface area contributed by atoms with E-state index < -0.39 is 0 Å². The topological polar surface area (TPSA) is 48.1 Å². The predicted octanol–water partition coefficient (Wildman–Crippen LogP) is 3.24. The minimum Gasteiger partial charge on any atom is -0.486 e. The number of hydrogen-bond acceptors (Lipinski definition) is 3. The number of benzene rings is 1. The molecule has 3 heteroatoms. The van der Waals surface area contributed by atoms with E-state index in [9.17, 15) is 0 Å². The summed E-state index contributed by atoms with van der Waals surface area (Å²) >= 11 is 0. The van der Waals surface area contributed by atoms with Gasteiger partial charge in [-0.1, -0.05) is 18.2 Å². The molecule has 0 aliphatic heterocycles. The van der Waals surface area contributed by atoms with Gasteiger partial charge in [-0.15, -0.1) is 0 Å². The monoisotopic (exact) mass is 242 g/mol. The Morgan fingerprint density at radius 1 is 1.06 bits per heavy atom. The summed E-state index contributed by atoms with van der Waals surface area (Å²) in [5, 5.41) is 0. The fourth-order valence-electron chi connectivity index (χ4n) is 1.74. The van der Waals surface area contributed by atoms with Crippen molar-refractivity contribution in [1.29, 1.82) is 0 Å². The van der Waals surface area contributed by atoms with Gasteiger partial charge in [-0.25, -0.2) is 0 Å². The van der Waals surface area contributed by atoms with Crippen molar-refractivity contribution < 1.29 is 4.74 Å². The lowest BCUT2D eigenvalue weighted by Gasteiger charge is -2.15. The van der Waals surface area contributed by atoms with E-state index in [-0.39, 0.29) is 12.1 Å². The molecule has 0 spiro atoms. The largest absolute Gasteiger partial charge is 0.486 e. The van der Waals surface area contributed by atoms with Gasteiger partial charge in [0.15, 0.2) is 0 Å². The summed E-state index contributed by atoms with van der Waals surface area (Å²) in [5.74, 6) is 0.843. The van der Waals surface area contributed by atoms with Gasteiger partial charge >= 0.3 is 0 Å². The molecular weight excluding hydrogens is 224 g/mol. The number of aromatic nitrogens is 1. The van der Waals surface area contributed by atoms with Crippen LogP contribution in [0.5, 0.6) is 5.75 Å². The van der Waals surface area contributed by atoms with Crippen molar-refractivity contribution in [2.45, 2.75) is 26.0 Å². The van der Waals surface area contributed by atoms with Crippen LogP contribution in [0.15, 0.2) is 48.8 Å². The predicted molar refractivity (Wildman–Crippen MR) is 72.3 cm³/mol. The quantitative estimate of drug-likeness (QED) is 0.895. The molecule has 0 amide bonds. The molecule has 0 radical (unpaired) electrons. The van der Waals surface area contributed by atoms with E-state index in [2.05, 4.69) is 4.98 Å². The number of nitrogens with two attached hydrogens (primary N) is 1. The molecule has 1 aromatic carbocycles. The third-order valence-electron chi connectivity index (χ3n) is 2.87. The highest BCUT2D eigenvalue weighted by Crippen LogP contribution is 2.22. The fourth-order valence-corrected chi connectivity index (χ4v) is 1.74. The van der Waals surface area contributed by atoms with E-state index >= 15 is 0 Å². The molecule has 0 aliphatic carbocycles. The van der Waals surface area contributed by atoms with Crippen LogP contribution in [-0.4, -0.2) is 4.98 Å². The maximum Gasteiger partial charge on any atom is 0.122 e. The molecule has 0 bridgehead atoms. The van der Waals surface area contributed by atoms with E-state index in [1.165, 1.54) is 0 Å². The summed E-state index contributed by atoms with van der Waals surface area (Å²) in [6.07, 6.45) is 3.56. The van der Waals surface area contributed by atoms with Crippen molar-refractivity contribution in [1.82, 2.24) is 4.98 Å². The van der Waals surface area contributed by atoms with Crippen molar-refractivity contribution in [3.05, 3.63) is 59.9 Å². The van der Waals surface area contributed by atoms with Gasteiger partial charge in [0.25, 0.3) is 0 Å². The van der Waals surface area contributed by atoms with Gasteiger partial charge in [0.2, 0.25) is 0 Å². The molecule has 1 heterocycles. The molecular formula is C15H18N2O. The molecule has 1 aromatic heterocycles. The Balaban J connectivity index is 2.05. The molecule has 2 atom stereocenters. The van der Waals surface area contributed by atoms with Crippen LogP contribution in [-0.2, 0) is 0 Å². The molecule has 0 fully saturated rings. The Morgan fingerprint density at radius 3 is 2.33 bits per heavy atom. The second-order valence-electron chi connectivity index (χ2n) is 4.40. The Bertz CT molecular complexity index is 480. The summed E-state index contributed by atoms with van der Waals surface area (Å²) in [5.41, 5.74) is 7.98. The van der Waals surface area contributed by atoms with Crippen molar-refractivity contribution in [3.63, 3.8) is 0 Å². The zero-order valence-electron chi connectivity index (χ0n) is 10.7. The van der Waals surface area contributed by atoms with Crippen LogP contribution in [0.2, 0.25) is 0 Å². The molecule has 0 saturated heterocycles. The minimum absolute atomic E-state index is 0.0140. The van der Waals surface area contributed by atoms with Gasteiger partial charge < -0.3 is 10.5 Å². The smallest absolute Gasteiger partial charge is 0.122 e. The fraction of sp³-hybridized carbons (Fsp3) is 0.267. The van der Waals surface area contributed by atoms with E-state index in [0.29, 0.717) is 0 Å². The van der Waals surface area contributed by atoms with Crippen molar-refractivity contribution in [3.8, 4) is 5.75 Å². The first-order valence-electron chi connectivity index (χ1n) is 6.09. The van der Waals surface area contributed by atoms with Gasteiger partial charge in [-0.05, 0) is 37.6 Å². The van der Waals surface area contributed by atoms with Crippen molar-refractivity contribution >= 4 is 0 Å². The Kier molecular flexibility index (Phi) is 3.95. The average molecular weight is 242 g/mol. The molecule has 18 heavy (non-hydrogen) atoms. The molecule has 2 rings (SSSR count). The summed E-state index contributed by atoms with van der Waals surface area (Å²) in [4.78, 5) is 4.09. The van der Waals surface area contributed by atoms with Gasteiger partial charge in [0.05, 0.1) is 0 Å². The Morgan fingerprint density at radius 2 is 1.78 bits per heavy atom. The first-order chi connectivity index (χ1) is 8.66. The lowest BCUT2D eigenvalue weighted by molar-refractivity contribution is 0.226. The average Bonchev–Trinajstić information content (AvgIpc) is 2.40. The van der Waals surface area contributed by atoms with Gasteiger partial charge in [-0.2, -0.15) is 0 Å². The molecule has 2 aromatic rings. The second kappa shape index (κ2) is 5.65. The highest BCUT2D eigenvalue weighted by atomic mass is 16.5. The zero-order chi connectivity index (χ0) is 13.0. The molecule has 0 saturated carbocycles. The van der Waals surface area contributed by atoms with Crippen LogP contribution in [0, 0.1) is 0 Å². The number of nitrogens with zero attached hydrogens (tertiary/aromatic N) is 1. The summed E-state index contributed by atoms with van der Waals surface area (Å²) in [7, 11) is 0. The van der Waals surface area contributed by atoms with Crippen LogP contribution >= 0.6 is 0 Å². The highest BCUT2D eigenvalue weighted by Gasteiger charge is 2.07. The van der Waals surface area contributed by atoms with Gasteiger partial charge in [-0.3, -0.25) is 4.98 Å². The van der Waals surface area contributed by atoms with E-state index in [1.54, 1.807) is 6.20 Å².